The molecule has 0 spiro atoms. The van der Waals surface area contributed by atoms with E-state index in [0.29, 0.717) is 0 Å². The molecule has 3 nitrogen and oxygen atoms in total. The summed E-state index contributed by atoms with van der Waals surface area (Å²) in [4.78, 5) is 10.0. The summed E-state index contributed by atoms with van der Waals surface area (Å²) in [5.41, 5.74) is 1.52. The Morgan fingerprint density at radius 1 is 1.21 bits per heavy atom. The van der Waals surface area contributed by atoms with Crippen molar-refractivity contribution in [3.63, 3.8) is 0 Å². The SMILES string of the molecule is CC(C)(C)Cc1ccc([N+](=O)[O-])cc1. The Balaban J connectivity index is 2.79. The van der Waals surface area contributed by atoms with Crippen molar-refractivity contribution in [2.75, 3.05) is 0 Å². The quantitative estimate of drug-likeness (QED) is 0.534. The smallest absolute Gasteiger partial charge is 0.258 e. The van der Waals surface area contributed by atoms with Crippen molar-refractivity contribution in [3.05, 3.63) is 39.9 Å². The van der Waals surface area contributed by atoms with Gasteiger partial charge in [0.25, 0.3) is 5.69 Å². The van der Waals surface area contributed by atoms with Gasteiger partial charge in [0.2, 0.25) is 0 Å². The Kier molecular flexibility index (Phi) is 2.89. The second-order valence-electron chi connectivity index (χ2n) is 4.66. The first-order valence-electron chi connectivity index (χ1n) is 4.62. The van der Waals surface area contributed by atoms with Crippen LogP contribution in [-0.2, 0) is 6.42 Å². The molecule has 0 aliphatic rings. The van der Waals surface area contributed by atoms with Gasteiger partial charge in [0.1, 0.15) is 0 Å². The van der Waals surface area contributed by atoms with E-state index in [4.69, 9.17) is 0 Å². The first kappa shape index (κ1) is 10.7. The van der Waals surface area contributed by atoms with Gasteiger partial charge >= 0.3 is 0 Å². The van der Waals surface area contributed by atoms with Crippen molar-refractivity contribution < 1.29 is 4.92 Å². The summed E-state index contributed by atoms with van der Waals surface area (Å²) in [6.45, 7) is 6.44. The van der Waals surface area contributed by atoms with E-state index in [0.717, 1.165) is 12.0 Å². The number of hydrogen-bond acceptors (Lipinski definition) is 2. The molecule has 0 heterocycles. The van der Waals surface area contributed by atoms with Gasteiger partial charge in [-0.1, -0.05) is 32.9 Å². The van der Waals surface area contributed by atoms with E-state index in [1.54, 1.807) is 12.1 Å². The summed E-state index contributed by atoms with van der Waals surface area (Å²) in [6, 6.07) is 6.76. The summed E-state index contributed by atoms with van der Waals surface area (Å²) in [6.07, 6.45) is 0.936. The van der Waals surface area contributed by atoms with Crippen LogP contribution >= 0.6 is 0 Å². The van der Waals surface area contributed by atoms with Crippen LogP contribution in [0, 0.1) is 15.5 Å². The minimum absolute atomic E-state index is 0.155. The number of hydrogen-bond donors (Lipinski definition) is 0. The van der Waals surface area contributed by atoms with Gasteiger partial charge < -0.3 is 0 Å². The average Bonchev–Trinajstić information content (AvgIpc) is 2.02. The largest absolute Gasteiger partial charge is 0.269 e. The van der Waals surface area contributed by atoms with Gasteiger partial charge in [-0.05, 0) is 17.4 Å². The molecule has 1 rings (SSSR count). The molecule has 0 bridgehead atoms. The molecule has 0 aliphatic carbocycles. The van der Waals surface area contributed by atoms with Gasteiger partial charge in [-0.2, -0.15) is 0 Å². The van der Waals surface area contributed by atoms with E-state index in [9.17, 15) is 10.1 Å². The fraction of sp³-hybridized carbons (Fsp3) is 0.455. The van der Waals surface area contributed by atoms with Crippen molar-refractivity contribution in [1.82, 2.24) is 0 Å². The molecule has 1 aromatic rings. The van der Waals surface area contributed by atoms with Crippen LogP contribution in [0.2, 0.25) is 0 Å². The molecular weight excluding hydrogens is 178 g/mol. The van der Waals surface area contributed by atoms with Crippen LogP contribution < -0.4 is 0 Å². The highest BCUT2D eigenvalue weighted by molar-refractivity contribution is 5.33. The highest BCUT2D eigenvalue weighted by Crippen LogP contribution is 2.21. The molecule has 0 unspecified atom stereocenters. The minimum atomic E-state index is -0.374. The van der Waals surface area contributed by atoms with Gasteiger partial charge in [-0.25, -0.2) is 0 Å². The van der Waals surface area contributed by atoms with Crippen LogP contribution in [-0.4, -0.2) is 4.92 Å². The Bertz CT molecular complexity index is 322. The average molecular weight is 193 g/mol. The Hall–Kier alpha value is -1.38. The molecule has 0 radical (unpaired) electrons. The number of nitro benzene ring substituents is 1. The van der Waals surface area contributed by atoms with Crippen molar-refractivity contribution >= 4 is 5.69 Å². The normalized spacial score (nSPS) is 11.4. The highest BCUT2D eigenvalue weighted by atomic mass is 16.6. The highest BCUT2D eigenvalue weighted by Gasteiger charge is 2.12. The molecule has 0 aliphatic heterocycles. The number of benzene rings is 1. The van der Waals surface area contributed by atoms with Gasteiger partial charge in [-0.15, -0.1) is 0 Å². The summed E-state index contributed by atoms with van der Waals surface area (Å²) in [5.74, 6) is 0. The van der Waals surface area contributed by atoms with E-state index >= 15 is 0 Å². The molecule has 0 amide bonds. The Morgan fingerprint density at radius 2 is 1.71 bits per heavy atom. The first-order chi connectivity index (χ1) is 6.38. The Morgan fingerprint density at radius 3 is 2.07 bits per heavy atom. The first-order valence-corrected chi connectivity index (χ1v) is 4.62. The lowest BCUT2D eigenvalue weighted by molar-refractivity contribution is -0.384. The molecule has 0 aromatic heterocycles. The van der Waals surface area contributed by atoms with Crippen LogP contribution in [0.3, 0.4) is 0 Å². The fourth-order valence-electron chi connectivity index (χ4n) is 1.35. The zero-order valence-corrected chi connectivity index (χ0v) is 8.78. The van der Waals surface area contributed by atoms with Gasteiger partial charge in [0.05, 0.1) is 4.92 Å². The second kappa shape index (κ2) is 3.78. The summed E-state index contributed by atoms with van der Waals surface area (Å²) < 4.78 is 0. The fourth-order valence-corrected chi connectivity index (χ4v) is 1.35. The molecule has 76 valence electrons. The Labute approximate surface area is 83.9 Å². The monoisotopic (exact) mass is 193 g/mol. The molecule has 0 saturated carbocycles. The summed E-state index contributed by atoms with van der Waals surface area (Å²) in [5, 5.41) is 10.4. The van der Waals surface area contributed by atoms with Gasteiger partial charge in [0, 0.05) is 12.1 Å². The zero-order chi connectivity index (χ0) is 10.8. The number of non-ortho nitro benzene ring substituents is 1. The standard InChI is InChI=1S/C11H15NO2/c1-11(2,3)8-9-4-6-10(7-5-9)12(13)14/h4-7H,8H2,1-3H3. The molecule has 1 aromatic carbocycles. The third-order valence-corrected chi connectivity index (χ3v) is 1.88. The molecule has 0 atom stereocenters. The zero-order valence-electron chi connectivity index (χ0n) is 8.78. The predicted molar refractivity (Wildman–Crippen MR) is 56.3 cm³/mol. The van der Waals surface area contributed by atoms with Crippen molar-refractivity contribution in [3.8, 4) is 0 Å². The van der Waals surface area contributed by atoms with E-state index < -0.39 is 0 Å². The maximum absolute atomic E-state index is 10.4. The van der Waals surface area contributed by atoms with Gasteiger partial charge in [-0.3, -0.25) is 10.1 Å². The lowest BCUT2D eigenvalue weighted by Gasteiger charge is -2.17. The number of nitrogens with zero attached hydrogens (tertiary/aromatic N) is 1. The van der Waals surface area contributed by atoms with Crippen molar-refractivity contribution in [2.45, 2.75) is 27.2 Å². The predicted octanol–water partition coefficient (Wildman–Crippen LogP) is 3.18. The van der Waals surface area contributed by atoms with E-state index in [-0.39, 0.29) is 16.0 Å². The van der Waals surface area contributed by atoms with Crippen LogP contribution in [0.1, 0.15) is 26.3 Å². The molecule has 0 N–H and O–H groups in total. The van der Waals surface area contributed by atoms with Crippen LogP contribution in [0.5, 0.6) is 0 Å². The molecule has 14 heavy (non-hydrogen) atoms. The third-order valence-electron chi connectivity index (χ3n) is 1.88. The third kappa shape index (κ3) is 3.17. The molecular formula is C11H15NO2. The van der Waals surface area contributed by atoms with Crippen LogP contribution in [0.15, 0.2) is 24.3 Å². The topological polar surface area (TPSA) is 43.1 Å². The molecule has 0 fully saturated rings. The molecule has 0 saturated heterocycles. The van der Waals surface area contributed by atoms with Crippen molar-refractivity contribution in [1.29, 1.82) is 0 Å². The van der Waals surface area contributed by atoms with Crippen molar-refractivity contribution in [2.24, 2.45) is 5.41 Å². The lowest BCUT2D eigenvalue weighted by Crippen LogP contribution is -2.08. The van der Waals surface area contributed by atoms with Gasteiger partial charge in [0.15, 0.2) is 0 Å². The second-order valence-corrected chi connectivity index (χ2v) is 4.66. The summed E-state index contributed by atoms with van der Waals surface area (Å²) >= 11 is 0. The number of rotatable bonds is 2. The van der Waals surface area contributed by atoms with E-state index in [1.807, 2.05) is 12.1 Å². The van der Waals surface area contributed by atoms with Crippen LogP contribution in [0.25, 0.3) is 0 Å². The van der Waals surface area contributed by atoms with E-state index in [1.165, 1.54) is 0 Å². The number of nitro groups is 1. The summed E-state index contributed by atoms with van der Waals surface area (Å²) in [7, 11) is 0. The van der Waals surface area contributed by atoms with Crippen LogP contribution in [0.4, 0.5) is 5.69 Å². The minimum Gasteiger partial charge on any atom is -0.258 e. The lowest BCUT2D eigenvalue weighted by atomic mass is 9.88. The van der Waals surface area contributed by atoms with E-state index in [2.05, 4.69) is 20.8 Å². The maximum Gasteiger partial charge on any atom is 0.269 e. The maximum atomic E-state index is 10.4. The molecule has 3 heteroatoms.